The highest BCUT2D eigenvalue weighted by Crippen LogP contribution is 2.30. The molecule has 1 unspecified atom stereocenters. The molecular weight excluding hydrogens is 532 g/mol. The summed E-state index contributed by atoms with van der Waals surface area (Å²) in [4.78, 5) is 25.6. The smallest absolute Gasteiger partial charge is 0.258 e. The lowest BCUT2D eigenvalue weighted by Crippen LogP contribution is -2.34. The van der Waals surface area contributed by atoms with Crippen molar-refractivity contribution in [2.75, 3.05) is 5.32 Å². The van der Waals surface area contributed by atoms with Crippen molar-refractivity contribution in [2.24, 2.45) is 0 Å². The van der Waals surface area contributed by atoms with Gasteiger partial charge in [0.15, 0.2) is 4.34 Å². The third-order valence-corrected chi connectivity index (χ3v) is 7.66. The van der Waals surface area contributed by atoms with Crippen LogP contribution < -0.4 is 10.6 Å². The number of hydrogen-bond donors (Lipinski definition) is 2. The number of aromatic nitrogens is 2. The van der Waals surface area contributed by atoms with E-state index in [0.29, 0.717) is 19.5 Å². The SMILES string of the molecule is CC(Sc1nnc(NC(=O)c2ccccc2Br)s1)C(=O)NC(c1ccccc1)c1ccccc1. The molecule has 4 rings (SSSR count). The van der Waals surface area contributed by atoms with Gasteiger partial charge in [0.1, 0.15) is 0 Å². The van der Waals surface area contributed by atoms with Crippen LogP contribution in [0.15, 0.2) is 93.7 Å². The topological polar surface area (TPSA) is 84.0 Å². The molecule has 0 aliphatic heterocycles. The van der Waals surface area contributed by atoms with Gasteiger partial charge in [-0.2, -0.15) is 0 Å². The number of nitrogens with one attached hydrogen (secondary N) is 2. The fraction of sp³-hybridized carbons (Fsp3) is 0.120. The van der Waals surface area contributed by atoms with Crippen LogP contribution in [0.25, 0.3) is 0 Å². The number of anilines is 1. The van der Waals surface area contributed by atoms with Gasteiger partial charge in [-0.15, -0.1) is 10.2 Å². The third kappa shape index (κ3) is 6.11. The summed E-state index contributed by atoms with van der Waals surface area (Å²) in [5.74, 6) is -0.392. The van der Waals surface area contributed by atoms with Crippen molar-refractivity contribution in [1.29, 1.82) is 0 Å². The highest BCUT2D eigenvalue weighted by Gasteiger charge is 2.23. The number of halogens is 1. The van der Waals surface area contributed by atoms with E-state index in [1.165, 1.54) is 23.1 Å². The summed E-state index contributed by atoms with van der Waals surface area (Å²) < 4.78 is 1.30. The van der Waals surface area contributed by atoms with Crippen LogP contribution in [0.2, 0.25) is 0 Å². The zero-order valence-corrected chi connectivity index (χ0v) is 21.4. The maximum Gasteiger partial charge on any atom is 0.258 e. The van der Waals surface area contributed by atoms with Crippen molar-refractivity contribution in [3.63, 3.8) is 0 Å². The number of carbonyl (C=O) groups is 2. The summed E-state index contributed by atoms with van der Waals surface area (Å²) in [6.07, 6.45) is 0. The van der Waals surface area contributed by atoms with E-state index in [2.05, 4.69) is 36.8 Å². The lowest BCUT2D eigenvalue weighted by molar-refractivity contribution is -0.120. The Labute approximate surface area is 214 Å². The van der Waals surface area contributed by atoms with E-state index in [4.69, 9.17) is 0 Å². The molecule has 0 saturated carbocycles. The molecule has 4 aromatic rings. The average molecular weight is 554 g/mol. The van der Waals surface area contributed by atoms with Crippen LogP contribution in [-0.4, -0.2) is 27.3 Å². The minimum absolute atomic E-state index is 0.114. The lowest BCUT2D eigenvalue weighted by atomic mass is 9.98. The molecule has 2 amide bonds. The molecule has 1 aromatic heterocycles. The summed E-state index contributed by atoms with van der Waals surface area (Å²) in [6, 6.07) is 26.6. The summed E-state index contributed by atoms with van der Waals surface area (Å²) >= 11 is 5.91. The van der Waals surface area contributed by atoms with Gasteiger partial charge in [0.05, 0.1) is 16.9 Å². The van der Waals surface area contributed by atoms with Crippen molar-refractivity contribution in [2.45, 2.75) is 22.6 Å². The van der Waals surface area contributed by atoms with E-state index in [0.717, 1.165) is 11.1 Å². The summed E-state index contributed by atoms with van der Waals surface area (Å²) in [6.45, 7) is 1.83. The molecular formula is C25H21BrN4O2S2. The molecule has 0 spiro atoms. The van der Waals surface area contributed by atoms with E-state index in [1.54, 1.807) is 18.2 Å². The minimum atomic E-state index is -0.408. The molecule has 3 aromatic carbocycles. The maximum atomic E-state index is 13.1. The largest absolute Gasteiger partial charge is 0.344 e. The molecule has 1 atom stereocenters. The molecule has 172 valence electrons. The highest BCUT2D eigenvalue weighted by atomic mass is 79.9. The summed E-state index contributed by atoms with van der Waals surface area (Å²) in [5.41, 5.74) is 2.52. The Hall–Kier alpha value is -3.01. The number of benzene rings is 3. The van der Waals surface area contributed by atoms with Gasteiger partial charge in [-0.1, -0.05) is 95.9 Å². The van der Waals surface area contributed by atoms with Gasteiger partial charge in [-0.05, 0) is 46.1 Å². The third-order valence-electron chi connectivity index (χ3n) is 4.94. The fourth-order valence-corrected chi connectivity index (χ4v) is 5.60. The second-order valence-corrected chi connectivity index (χ2v) is 10.7. The van der Waals surface area contributed by atoms with Crippen LogP contribution in [-0.2, 0) is 4.79 Å². The molecule has 9 heteroatoms. The van der Waals surface area contributed by atoms with E-state index in [9.17, 15) is 9.59 Å². The number of amides is 2. The normalized spacial score (nSPS) is 11.7. The van der Waals surface area contributed by atoms with Crippen molar-refractivity contribution in [3.05, 3.63) is 106 Å². The molecule has 2 N–H and O–H groups in total. The van der Waals surface area contributed by atoms with E-state index in [-0.39, 0.29) is 17.9 Å². The second kappa shape index (κ2) is 11.4. The molecule has 6 nitrogen and oxygen atoms in total. The van der Waals surface area contributed by atoms with Gasteiger partial charge < -0.3 is 5.32 Å². The molecule has 0 bridgehead atoms. The first kappa shape index (κ1) is 24.1. The molecule has 0 fully saturated rings. The molecule has 0 saturated heterocycles. The highest BCUT2D eigenvalue weighted by molar-refractivity contribution is 9.10. The monoisotopic (exact) mass is 552 g/mol. The average Bonchev–Trinajstić information content (AvgIpc) is 3.30. The van der Waals surface area contributed by atoms with Gasteiger partial charge in [0.2, 0.25) is 11.0 Å². The molecule has 34 heavy (non-hydrogen) atoms. The predicted octanol–water partition coefficient (Wildman–Crippen LogP) is 5.94. The van der Waals surface area contributed by atoms with Gasteiger partial charge in [0, 0.05) is 4.47 Å². The first-order valence-corrected chi connectivity index (χ1v) is 13.0. The fourth-order valence-electron chi connectivity index (χ4n) is 3.23. The Balaban J connectivity index is 1.41. The molecule has 0 radical (unpaired) electrons. The number of hydrogen-bond acceptors (Lipinski definition) is 6. The quantitative estimate of drug-likeness (QED) is 0.209. The van der Waals surface area contributed by atoms with Crippen molar-refractivity contribution in [3.8, 4) is 0 Å². The van der Waals surface area contributed by atoms with Crippen LogP contribution in [0.5, 0.6) is 0 Å². The van der Waals surface area contributed by atoms with Gasteiger partial charge in [0.25, 0.3) is 5.91 Å². The second-order valence-electron chi connectivity index (χ2n) is 7.33. The van der Waals surface area contributed by atoms with Gasteiger partial charge >= 0.3 is 0 Å². The van der Waals surface area contributed by atoms with Gasteiger partial charge in [-0.25, -0.2) is 0 Å². The van der Waals surface area contributed by atoms with Crippen LogP contribution in [0.1, 0.15) is 34.5 Å². The Morgan fingerprint density at radius 3 is 2.09 bits per heavy atom. The Bertz CT molecular complexity index is 1230. The first-order chi connectivity index (χ1) is 16.5. The maximum absolute atomic E-state index is 13.1. The summed E-state index contributed by atoms with van der Waals surface area (Å²) in [7, 11) is 0. The lowest BCUT2D eigenvalue weighted by Gasteiger charge is -2.21. The predicted molar refractivity (Wildman–Crippen MR) is 140 cm³/mol. The Morgan fingerprint density at radius 2 is 1.47 bits per heavy atom. The van der Waals surface area contributed by atoms with Crippen molar-refractivity contribution >= 4 is 56.0 Å². The van der Waals surface area contributed by atoms with Crippen LogP contribution in [0.3, 0.4) is 0 Å². The number of nitrogens with zero attached hydrogens (tertiary/aromatic N) is 2. The van der Waals surface area contributed by atoms with E-state index >= 15 is 0 Å². The number of thioether (sulfide) groups is 1. The summed E-state index contributed by atoms with van der Waals surface area (Å²) in [5, 5.41) is 14.1. The Morgan fingerprint density at radius 1 is 0.882 bits per heavy atom. The molecule has 0 aliphatic rings. The zero-order valence-electron chi connectivity index (χ0n) is 18.1. The molecule has 0 aliphatic carbocycles. The van der Waals surface area contributed by atoms with Crippen molar-refractivity contribution in [1.82, 2.24) is 15.5 Å². The standard InChI is InChI=1S/C25H21BrN4O2S2/c1-16(22(31)27-21(17-10-4-2-5-11-17)18-12-6-3-7-13-18)33-25-30-29-24(34-25)28-23(32)19-14-8-9-15-20(19)26/h2-16,21H,1H3,(H,27,31)(H,28,29,32). The van der Waals surface area contributed by atoms with Crippen LogP contribution >= 0.6 is 39.0 Å². The van der Waals surface area contributed by atoms with E-state index < -0.39 is 5.25 Å². The van der Waals surface area contributed by atoms with Crippen LogP contribution in [0, 0.1) is 0 Å². The van der Waals surface area contributed by atoms with Crippen molar-refractivity contribution < 1.29 is 9.59 Å². The first-order valence-electron chi connectivity index (χ1n) is 10.5. The molecule has 1 heterocycles. The van der Waals surface area contributed by atoms with E-state index in [1.807, 2.05) is 73.7 Å². The minimum Gasteiger partial charge on any atom is -0.344 e. The number of rotatable bonds is 8. The Kier molecular flexibility index (Phi) is 8.10. The van der Waals surface area contributed by atoms with Crippen LogP contribution in [0.4, 0.5) is 5.13 Å². The van der Waals surface area contributed by atoms with Gasteiger partial charge in [-0.3, -0.25) is 14.9 Å². The number of carbonyl (C=O) groups excluding carboxylic acids is 2. The zero-order chi connectivity index (χ0) is 23.9.